The van der Waals surface area contributed by atoms with E-state index < -0.39 is 0 Å². The van der Waals surface area contributed by atoms with E-state index in [9.17, 15) is 4.79 Å². The minimum absolute atomic E-state index is 0.0655. The Bertz CT molecular complexity index is 414. The Morgan fingerprint density at radius 3 is 2.89 bits per heavy atom. The fourth-order valence-electron chi connectivity index (χ4n) is 1.77. The van der Waals surface area contributed by atoms with E-state index in [4.69, 9.17) is 10.5 Å². The third-order valence-electron chi connectivity index (χ3n) is 2.94. The van der Waals surface area contributed by atoms with Crippen LogP contribution in [0.25, 0.3) is 0 Å². The van der Waals surface area contributed by atoms with Gasteiger partial charge in [-0.3, -0.25) is 4.79 Å². The van der Waals surface area contributed by atoms with Gasteiger partial charge < -0.3 is 15.8 Å². The first-order valence-electron chi connectivity index (χ1n) is 6.43. The van der Waals surface area contributed by atoms with Gasteiger partial charge in [0, 0.05) is 17.6 Å². The molecule has 98 valence electrons. The first-order valence-corrected chi connectivity index (χ1v) is 6.43. The number of para-hydroxylation sites is 1. The number of amides is 1. The van der Waals surface area contributed by atoms with Gasteiger partial charge in [0.05, 0.1) is 13.0 Å². The fraction of sp³-hybridized carbons (Fsp3) is 0.500. The van der Waals surface area contributed by atoms with Crippen LogP contribution in [0.5, 0.6) is 5.75 Å². The maximum Gasteiger partial charge on any atom is 0.223 e. The SMILES string of the molecule is CC(N)c1ccccc1OCCC(=O)NC1CC1. The molecule has 3 N–H and O–H groups in total. The summed E-state index contributed by atoms with van der Waals surface area (Å²) in [5.41, 5.74) is 6.83. The maximum absolute atomic E-state index is 11.5. The molecule has 1 atom stereocenters. The highest BCUT2D eigenvalue weighted by molar-refractivity contribution is 5.76. The summed E-state index contributed by atoms with van der Waals surface area (Å²) in [7, 11) is 0. The van der Waals surface area contributed by atoms with E-state index in [1.54, 1.807) is 0 Å². The summed E-state index contributed by atoms with van der Waals surface area (Å²) >= 11 is 0. The molecule has 2 rings (SSSR count). The van der Waals surface area contributed by atoms with E-state index >= 15 is 0 Å². The molecule has 18 heavy (non-hydrogen) atoms. The Morgan fingerprint density at radius 2 is 2.22 bits per heavy atom. The van der Waals surface area contributed by atoms with Crippen molar-refractivity contribution >= 4 is 5.91 Å². The molecule has 0 aromatic heterocycles. The standard InChI is InChI=1S/C14H20N2O2/c1-10(15)12-4-2-3-5-13(12)18-9-8-14(17)16-11-6-7-11/h2-5,10-11H,6-9,15H2,1H3,(H,16,17). The number of rotatable bonds is 6. The Hall–Kier alpha value is -1.55. The Labute approximate surface area is 108 Å². The first kappa shape index (κ1) is 12.9. The molecule has 0 spiro atoms. The molecule has 4 heteroatoms. The monoisotopic (exact) mass is 248 g/mol. The molecule has 1 amide bonds. The van der Waals surface area contributed by atoms with E-state index in [1.165, 1.54) is 0 Å². The summed E-state index contributed by atoms with van der Waals surface area (Å²) in [6.07, 6.45) is 2.62. The van der Waals surface area contributed by atoms with Crippen LogP contribution in [-0.4, -0.2) is 18.6 Å². The van der Waals surface area contributed by atoms with Crippen LogP contribution < -0.4 is 15.8 Å². The second-order valence-electron chi connectivity index (χ2n) is 4.77. The van der Waals surface area contributed by atoms with Crippen molar-refractivity contribution < 1.29 is 9.53 Å². The van der Waals surface area contributed by atoms with Crippen LogP contribution in [0.15, 0.2) is 24.3 Å². The Balaban J connectivity index is 1.80. The van der Waals surface area contributed by atoms with Crippen LogP contribution in [-0.2, 0) is 4.79 Å². The van der Waals surface area contributed by atoms with E-state index in [0.29, 0.717) is 19.1 Å². The summed E-state index contributed by atoms with van der Waals surface area (Å²) in [4.78, 5) is 11.5. The molecule has 0 saturated heterocycles. The molecule has 1 saturated carbocycles. The van der Waals surface area contributed by atoms with Gasteiger partial charge in [0.15, 0.2) is 0 Å². The van der Waals surface area contributed by atoms with E-state index in [1.807, 2.05) is 31.2 Å². The lowest BCUT2D eigenvalue weighted by Gasteiger charge is -2.13. The molecule has 1 aromatic rings. The molecule has 0 aliphatic heterocycles. The topological polar surface area (TPSA) is 64.3 Å². The number of carbonyl (C=O) groups is 1. The minimum atomic E-state index is -0.0681. The van der Waals surface area contributed by atoms with E-state index in [0.717, 1.165) is 24.2 Å². The van der Waals surface area contributed by atoms with Crippen LogP contribution in [0.3, 0.4) is 0 Å². The maximum atomic E-state index is 11.5. The summed E-state index contributed by atoms with van der Waals surface area (Å²) in [5, 5.41) is 2.93. The molecule has 1 unspecified atom stereocenters. The number of hydrogen-bond donors (Lipinski definition) is 2. The zero-order valence-electron chi connectivity index (χ0n) is 10.7. The van der Waals surface area contributed by atoms with Gasteiger partial charge >= 0.3 is 0 Å². The summed E-state index contributed by atoms with van der Waals surface area (Å²) in [5.74, 6) is 0.836. The molecule has 1 fully saturated rings. The first-order chi connectivity index (χ1) is 8.66. The lowest BCUT2D eigenvalue weighted by Crippen LogP contribution is -2.26. The van der Waals surface area contributed by atoms with Gasteiger partial charge in [0.1, 0.15) is 5.75 Å². The minimum Gasteiger partial charge on any atom is -0.493 e. The van der Waals surface area contributed by atoms with Crippen LogP contribution >= 0.6 is 0 Å². The summed E-state index contributed by atoms with van der Waals surface area (Å²) in [6, 6.07) is 8.02. The molecule has 0 heterocycles. The highest BCUT2D eigenvalue weighted by Gasteiger charge is 2.22. The van der Waals surface area contributed by atoms with Crippen molar-refractivity contribution in [1.82, 2.24) is 5.32 Å². The molecule has 1 aliphatic carbocycles. The lowest BCUT2D eigenvalue weighted by atomic mass is 10.1. The zero-order chi connectivity index (χ0) is 13.0. The van der Waals surface area contributed by atoms with Crippen LogP contribution in [0.2, 0.25) is 0 Å². The van der Waals surface area contributed by atoms with Crippen molar-refractivity contribution in [2.24, 2.45) is 5.73 Å². The third-order valence-corrected chi connectivity index (χ3v) is 2.94. The average molecular weight is 248 g/mol. The van der Waals surface area contributed by atoms with Crippen molar-refractivity contribution in [2.75, 3.05) is 6.61 Å². The number of ether oxygens (including phenoxy) is 1. The smallest absolute Gasteiger partial charge is 0.223 e. The van der Waals surface area contributed by atoms with Crippen LogP contribution in [0, 0.1) is 0 Å². The second-order valence-corrected chi connectivity index (χ2v) is 4.77. The van der Waals surface area contributed by atoms with Gasteiger partial charge in [-0.25, -0.2) is 0 Å². The molecule has 0 bridgehead atoms. The molecule has 1 aromatic carbocycles. The lowest BCUT2D eigenvalue weighted by molar-refractivity contribution is -0.121. The van der Waals surface area contributed by atoms with Crippen molar-refractivity contribution in [3.05, 3.63) is 29.8 Å². The Morgan fingerprint density at radius 1 is 1.50 bits per heavy atom. The number of nitrogens with one attached hydrogen (secondary N) is 1. The molecular weight excluding hydrogens is 228 g/mol. The van der Waals surface area contributed by atoms with Crippen molar-refractivity contribution in [3.8, 4) is 5.75 Å². The molecular formula is C14H20N2O2. The van der Waals surface area contributed by atoms with Gasteiger partial charge in [0.25, 0.3) is 0 Å². The predicted octanol–water partition coefficient (Wildman–Crippen LogP) is 1.75. The number of carbonyl (C=O) groups excluding carboxylic acids is 1. The quantitative estimate of drug-likeness (QED) is 0.806. The fourth-order valence-corrected chi connectivity index (χ4v) is 1.77. The van der Waals surface area contributed by atoms with Crippen molar-refractivity contribution in [2.45, 2.75) is 38.3 Å². The summed E-state index contributed by atoms with van der Waals surface area (Å²) in [6.45, 7) is 2.31. The van der Waals surface area contributed by atoms with Crippen LogP contribution in [0.1, 0.15) is 37.8 Å². The van der Waals surface area contributed by atoms with Gasteiger partial charge in [-0.15, -0.1) is 0 Å². The van der Waals surface area contributed by atoms with Gasteiger partial charge in [-0.05, 0) is 25.8 Å². The van der Waals surface area contributed by atoms with Crippen molar-refractivity contribution in [1.29, 1.82) is 0 Å². The van der Waals surface area contributed by atoms with E-state index in [-0.39, 0.29) is 11.9 Å². The second kappa shape index (κ2) is 5.87. The van der Waals surface area contributed by atoms with Gasteiger partial charge in [-0.2, -0.15) is 0 Å². The predicted molar refractivity (Wildman–Crippen MR) is 70.3 cm³/mol. The summed E-state index contributed by atoms with van der Waals surface area (Å²) < 4.78 is 5.63. The van der Waals surface area contributed by atoms with Crippen LogP contribution in [0.4, 0.5) is 0 Å². The number of nitrogens with two attached hydrogens (primary N) is 1. The van der Waals surface area contributed by atoms with Gasteiger partial charge in [-0.1, -0.05) is 18.2 Å². The normalized spacial score (nSPS) is 16.1. The molecule has 1 aliphatic rings. The highest BCUT2D eigenvalue weighted by atomic mass is 16.5. The third kappa shape index (κ3) is 3.74. The molecule has 4 nitrogen and oxygen atoms in total. The van der Waals surface area contributed by atoms with Crippen molar-refractivity contribution in [3.63, 3.8) is 0 Å². The average Bonchev–Trinajstić information content (AvgIpc) is 3.13. The largest absolute Gasteiger partial charge is 0.493 e. The highest BCUT2D eigenvalue weighted by Crippen LogP contribution is 2.23. The Kier molecular flexibility index (Phi) is 4.20. The van der Waals surface area contributed by atoms with E-state index in [2.05, 4.69) is 5.32 Å². The number of hydrogen-bond acceptors (Lipinski definition) is 3. The molecule has 0 radical (unpaired) electrons. The van der Waals surface area contributed by atoms with Gasteiger partial charge in [0.2, 0.25) is 5.91 Å². The zero-order valence-corrected chi connectivity index (χ0v) is 10.7. The number of benzene rings is 1.